The molecule has 90 heavy (non-hydrogen) atoms. The number of ether oxygens (including phenoxy) is 3. The van der Waals surface area contributed by atoms with Crippen LogP contribution < -0.4 is 5.32 Å². The SMILES string of the molecule is CC/C=C\C/C=C\C/C=C\C/C=C\C/C=C\C/C=C\CCCCCCCCCCC(=O)OC1C(OCC(NC(=O)C(O)CCCCCCCC/C=C\C/C=C\C/C=C\C/C=C\CCCCC)C(O)/C=C/CCCCCCCCCCCC)OC(CO)C(O)C1O. The minimum Gasteiger partial charge on any atom is -0.454 e. The van der Waals surface area contributed by atoms with Gasteiger partial charge in [-0.15, -0.1) is 0 Å². The summed E-state index contributed by atoms with van der Waals surface area (Å²) >= 11 is 0. The molecule has 8 unspecified atom stereocenters. The number of unbranched alkanes of at least 4 members (excludes halogenated alkanes) is 27. The van der Waals surface area contributed by atoms with Crippen molar-refractivity contribution in [1.82, 2.24) is 5.32 Å². The Labute approximate surface area is 550 Å². The molecule has 0 aromatic heterocycles. The molecule has 6 N–H and O–H groups in total. The maximum atomic E-state index is 13.5. The van der Waals surface area contributed by atoms with E-state index in [-0.39, 0.29) is 19.4 Å². The third-order valence-electron chi connectivity index (χ3n) is 16.3. The molecule has 11 heteroatoms. The number of hydrogen-bond donors (Lipinski definition) is 6. The van der Waals surface area contributed by atoms with E-state index in [2.05, 4.69) is 148 Å². The van der Waals surface area contributed by atoms with Crippen molar-refractivity contribution >= 4 is 11.9 Å². The van der Waals surface area contributed by atoms with Crippen LogP contribution in [-0.2, 0) is 23.8 Å². The number of aliphatic hydroxyl groups is 5. The Bertz CT molecular complexity index is 1980. The van der Waals surface area contributed by atoms with Crippen molar-refractivity contribution < 1.29 is 49.3 Å². The predicted molar refractivity (Wildman–Crippen MR) is 379 cm³/mol. The van der Waals surface area contributed by atoms with Gasteiger partial charge in [0, 0.05) is 6.42 Å². The van der Waals surface area contributed by atoms with E-state index in [1.54, 1.807) is 6.08 Å². The highest BCUT2D eigenvalue weighted by Gasteiger charge is 2.47. The molecule has 11 nitrogen and oxygen atoms in total. The zero-order valence-corrected chi connectivity index (χ0v) is 57.2. The van der Waals surface area contributed by atoms with Crippen LogP contribution in [0.3, 0.4) is 0 Å². The first kappa shape index (κ1) is 83.8. The van der Waals surface area contributed by atoms with E-state index in [1.807, 2.05) is 6.08 Å². The van der Waals surface area contributed by atoms with E-state index < -0.39 is 67.4 Å². The average Bonchev–Trinajstić information content (AvgIpc) is 3.71. The van der Waals surface area contributed by atoms with Crippen LogP contribution in [0.5, 0.6) is 0 Å². The second-order valence-corrected chi connectivity index (χ2v) is 24.6. The van der Waals surface area contributed by atoms with Crippen LogP contribution in [0.4, 0.5) is 0 Å². The van der Waals surface area contributed by atoms with Gasteiger partial charge in [-0.05, 0) is 122 Å². The van der Waals surface area contributed by atoms with Crippen molar-refractivity contribution in [2.75, 3.05) is 13.2 Å². The Hall–Kier alpha value is -4.20. The minimum absolute atomic E-state index is 0.104. The van der Waals surface area contributed by atoms with Gasteiger partial charge in [0.15, 0.2) is 12.4 Å². The molecule has 0 spiro atoms. The Morgan fingerprint density at radius 1 is 0.444 bits per heavy atom. The van der Waals surface area contributed by atoms with Crippen LogP contribution >= 0.6 is 0 Å². The molecule has 0 radical (unpaired) electrons. The number of aliphatic hydroxyl groups excluding tert-OH is 5. The molecule has 1 heterocycles. The lowest BCUT2D eigenvalue weighted by Gasteiger charge is -2.41. The largest absolute Gasteiger partial charge is 0.454 e. The first-order valence-electron chi connectivity index (χ1n) is 36.5. The molecule has 8 atom stereocenters. The van der Waals surface area contributed by atoms with Gasteiger partial charge in [-0.25, -0.2) is 0 Å². The summed E-state index contributed by atoms with van der Waals surface area (Å²) in [6.07, 6.45) is 81.9. The highest BCUT2D eigenvalue weighted by atomic mass is 16.7. The van der Waals surface area contributed by atoms with Gasteiger partial charge in [0.25, 0.3) is 0 Å². The lowest BCUT2D eigenvalue weighted by atomic mass is 9.99. The molecule has 0 aliphatic carbocycles. The lowest BCUT2D eigenvalue weighted by molar-refractivity contribution is -0.305. The van der Waals surface area contributed by atoms with Gasteiger partial charge < -0.3 is 45.1 Å². The Morgan fingerprint density at radius 2 is 0.800 bits per heavy atom. The predicted octanol–water partition coefficient (Wildman–Crippen LogP) is 19.1. The summed E-state index contributed by atoms with van der Waals surface area (Å²) in [6.45, 7) is 5.65. The van der Waals surface area contributed by atoms with Gasteiger partial charge in [0.1, 0.15) is 24.4 Å². The third-order valence-corrected chi connectivity index (χ3v) is 16.3. The van der Waals surface area contributed by atoms with E-state index in [0.29, 0.717) is 12.8 Å². The topological polar surface area (TPSA) is 175 Å². The number of nitrogens with one attached hydrogen (secondary N) is 1. The van der Waals surface area contributed by atoms with Crippen molar-refractivity contribution in [2.24, 2.45) is 0 Å². The zero-order valence-electron chi connectivity index (χ0n) is 57.2. The van der Waals surface area contributed by atoms with E-state index >= 15 is 0 Å². The first-order valence-corrected chi connectivity index (χ1v) is 36.5. The molecule has 0 aromatic rings. The fourth-order valence-electron chi connectivity index (χ4n) is 10.6. The third kappa shape index (κ3) is 51.3. The normalized spacial score (nSPS) is 18.9. The van der Waals surface area contributed by atoms with Gasteiger partial charge in [0.2, 0.25) is 5.91 Å². The summed E-state index contributed by atoms with van der Waals surface area (Å²) < 4.78 is 17.7. The van der Waals surface area contributed by atoms with Crippen molar-refractivity contribution in [3.63, 3.8) is 0 Å². The van der Waals surface area contributed by atoms with Gasteiger partial charge in [-0.3, -0.25) is 9.59 Å². The maximum Gasteiger partial charge on any atom is 0.306 e. The van der Waals surface area contributed by atoms with Crippen LogP contribution in [0.25, 0.3) is 0 Å². The molecular formula is C79H133NO10. The van der Waals surface area contributed by atoms with Crippen molar-refractivity contribution in [3.8, 4) is 0 Å². The summed E-state index contributed by atoms with van der Waals surface area (Å²) in [5, 5.41) is 57.3. The monoisotopic (exact) mass is 1260 g/mol. The summed E-state index contributed by atoms with van der Waals surface area (Å²) in [5.41, 5.74) is 0. The fraction of sp³-hybridized carbons (Fsp3) is 0.696. The van der Waals surface area contributed by atoms with Crippen molar-refractivity contribution in [3.05, 3.63) is 134 Å². The average molecular weight is 1260 g/mol. The Morgan fingerprint density at radius 3 is 1.22 bits per heavy atom. The Kier molecular flexibility index (Phi) is 60.4. The summed E-state index contributed by atoms with van der Waals surface area (Å²) in [7, 11) is 0. The highest BCUT2D eigenvalue weighted by molar-refractivity contribution is 5.80. The maximum absolute atomic E-state index is 13.5. The number of hydrogen-bond acceptors (Lipinski definition) is 10. The molecule has 1 aliphatic heterocycles. The lowest BCUT2D eigenvalue weighted by Crippen LogP contribution is -2.61. The van der Waals surface area contributed by atoms with Crippen LogP contribution in [-0.4, -0.2) is 99.6 Å². The molecular weight excluding hydrogens is 1120 g/mol. The smallest absolute Gasteiger partial charge is 0.306 e. The Balaban J connectivity index is 2.58. The van der Waals surface area contributed by atoms with Crippen LogP contribution in [0.1, 0.15) is 290 Å². The van der Waals surface area contributed by atoms with Crippen LogP contribution in [0, 0.1) is 0 Å². The van der Waals surface area contributed by atoms with Crippen molar-refractivity contribution in [2.45, 2.75) is 339 Å². The van der Waals surface area contributed by atoms with Gasteiger partial charge in [-0.2, -0.15) is 0 Å². The molecule has 1 saturated heterocycles. The second-order valence-electron chi connectivity index (χ2n) is 24.6. The van der Waals surface area contributed by atoms with Gasteiger partial charge in [-0.1, -0.05) is 296 Å². The minimum atomic E-state index is -1.63. The quantitative estimate of drug-likeness (QED) is 0.0195. The zero-order chi connectivity index (χ0) is 65.3. The number of amides is 1. The highest BCUT2D eigenvalue weighted by Crippen LogP contribution is 2.26. The van der Waals surface area contributed by atoms with Crippen LogP contribution in [0.2, 0.25) is 0 Å². The summed E-state index contributed by atoms with van der Waals surface area (Å²) in [4.78, 5) is 26.7. The molecule has 514 valence electrons. The number of allylic oxidation sites excluding steroid dienone is 21. The molecule has 0 bridgehead atoms. The standard InChI is InChI=1S/C79H133NO10/c1-4-7-10-13-16-19-22-25-27-29-31-33-35-36-37-38-39-41-43-45-47-49-52-55-58-61-64-67-74(84)90-77-76(86)75(85)73(68-81)89-79(77)88-69-70(71(82)65-62-59-56-53-50-24-21-18-15-12-9-6-3)80-78(87)72(83)66-63-60-57-54-51-48-46-44-42-40-34-32-30-28-26-23-20-17-14-11-8-5-2/h7,10,16-17,19-20,25-28,31-34,36-37,39,41-42,44,62,65,70-73,75-77,79,81-83,85-86H,4-6,8-9,11-15,18,21-24,29-30,35,38,40,43,45-61,63-64,66-69H2,1-3H3,(H,80,87)/b10-7-,19-16-,20-17-,27-25-,28-26-,33-31-,34-32-,37-36-,41-39-,44-42-,65-62+. The molecule has 0 aromatic carbocycles. The van der Waals surface area contributed by atoms with Gasteiger partial charge >= 0.3 is 5.97 Å². The van der Waals surface area contributed by atoms with Crippen LogP contribution in [0.15, 0.2) is 134 Å². The van der Waals surface area contributed by atoms with E-state index in [9.17, 15) is 35.1 Å². The van der Waals surface area contributed by atoms with Gasteiger partial charge in [0.05, 0.1) is 25.4 Å². The molecule has 1 amide bonds. The molecule has 1 rings (SSSR count). The second kappa shape index (κ2) is 64.9. The molecule has 1 fully saturated rings. The van der Waals surface area contributed by atoms with E-state index in [4.69, 9.17) is 14.2 Å². The number of esters is 1. The van der Waals surface area contributed by atoms with E-state index in [0.717, 1.165) is 154 Å². The summed E-state index contributed by atoms with van der Waals surface area (Å²) in [5.74, 6) is -1.22. The molecule has 0 saturated carbocycles. The number of carbonyl (C=O) groups is 2. The van der Waals surface area contributed by atoms with Crippen molar-refractivity contribution in [1.29, 1.82) is 0 Å². The fourth-order valence-corrected chi connectivity index (χ4v) is 10.6. The molecule has 1 aliphatic rings. The number of carbonyl (C=O) groups excluding carboxylic acids is 2. The number of rotatable bonds is 61. The summed E-state index contributed by atoms with van der Waals surface area (Å²) in [6, 6.07) is -1.04. The van der Waals surface area contributed by atoms with E-state index in [1.165, 1.54) is 89.9 Å². The first-order chi connectivity index (χ1) is 44.2.